The van der Waals surface area contributed by atoms with E-state index in [0.29, 0.717) is 37.2 Å². The van der Waals surface area contributed by atoms with Crippen LogP contribution in [0.4, 0.5) is 10.5 Å². The van der Waals surface area contributed by atoms with E-state index in [-0.39, 0.29) is 42.1 Å². The van der Waals surface area contributed by atoms with Crippen LogP contribution in [0.5, 0.6) is 0 Å². The highest BCUT2D eigenvalue weighted by Crippen LogP contribution is 2.18. The SMILES string of the molecule is CC(=O)c1ccc(NC(=O)NC2CCN([C@@H]3CC(=O)NC3=O)CC2)cc1. The second kappa shape index (κ2) is 7.65. The Bertz CT molecular complexity index is 723. The highest BCUT2D eigenvalue weighted by Gasteiger charge is 2.37. The maximum absolute atomic E-state index is 12.1. The summed E-state index contributed by atoms with van der Waals surface area (Å²) in [6.07, 6.45) is 1.65. The van der Waals surface area contributed by atoms with Crippen LogP contribution in [0.2, 0.25) is 0 Å². The first-order chi connectivity index (χ1) is 12.4. The van der Waals surface area contributed by atoms with E-state index in [1.807, 2.05) is 4.90 Å². The number of nitrogens with zero attached hydrogens (tertiary/aromatic N) is 1. The third-order valence-corrected chi connectivity index (χ3v) is 4.80. The van der Waals surface area contributed by atoms with Crippen LogP contribution in [0.25, 0.3) is 0 Å². The van der Waals surface area contributed by atoms with Crippen molar-refractivity contribution < 1.29 is 19.2 Å². The molecule has 8 nitrogen and oxygen atoms in total. The summed E-state index contributed by atoms with van der Waals surface area (Å²) in [7, 11) is 0. The fraction of sp³-hybridized carbons (Fsp3) is 0.444. The second-order valence-electron chi connectivity index (χ2n) is 6.67. The molecule has 2 fully saturated rings. The Balaban J connectivity index is 1.45. The minimum atomic E-state index is -0.378. The van der Waals surface area contributed by atoms with E-state index in [9.17, 15) is 19.2 Å². The largest absolute Gasteiger partial charge is 0.335 e. The van der Waals surface area contributed by atoms with Gasteiger partial charge in [-0.25, -0.2) is 4.79 Å². The zero-order chi connectivity index (χ0) is 18.7. The van der Waals surface area contributed by atoms with Crippen LogP contribution in [-0.4, -0.2) is 53.7 Å². The summed E-state index contributed by atoms with van der Waals surface area (Å²) in [6.45, 7) is 2.81. The van der Waals surface area contributed by atoms with Crippen LogP contribution in [0, 0.1) is 0 Å². The summed E-state index contributed by atoms with van der Waals surface area (Å²) in [4.78, 5) is 48.4. The smallest absolute Gasteiger partial charge is 0.319 e. The van der Waals surface area contributed by atoms with Crippen molar-refractivity contribution in [3.05, 3.63) is 29.8 Å². The molecular weight excluding hydrogens is 336 g/mol. The monoisotopic (exact) mass is 358 g/mol. The van der Waals surface area contributed by atoms with E-state index in [0.717, 1.165) is 0 Å². The number of carbonyl (C=O) groups is 4. The molecule has 2 heterocycles. The molecule has 138 valence electrons. The van der Waals surface area contributed by atoms with Gasteiger partial charge in [-0.1, -0.05) is 0 Å². The first-order valence-electron chi connectivity index (χ1n) is 8.68. The van der Waals surface area contributed by atoms with Crippen molar-refractivity contribution in [2.24, 2.45) is 0 Å². The Hall–Kier alpha value is -2.74. The molecule has 2 aliphatic heterocycles. The minimum absolute atomic E-state index is 0.0166. The average molecular weight is 358 g/mol. The van der Waals surface area contributed by atoms with Gasteiger partial charge in [-0.2, -0.15) is 0 Å². The Morgan fingerprint density at radius 3 is 2.31 bits per heavy atom. The zero-order valence-electron chi connectivity index (χ0n) is 14.6. The van der Waals surface area contributed by atoms with Crippen molar-refractivity contribution in [2.75, 3.05) is 18.4 Å². The quantitative estimate of drug-likeness (QED) is 0.547. The molecule has 2 saturated heterocycles. The van der Waals surface area contributed by atoms with Crippen LogP contribution >= 0.6 is 0 Å². The molecule has 1 aromatic carbocycles. The van der Waals surface area contributed by atoms with Gasteiger partial charge in [0.05, 0.1) is 12.5 Å². The third kappa shape index (κ3) is 4.26. The minimum Gasteiger partial charge on any atom is -0.335 e. The number of amides is 4. The molecular formula is C18H22N4O4. The molecule has 26 heavy (non-hydrogen) atoms. The van der Waals surface area contributed by atoms with E-state index in [4.69, 9.17) is 0 Å². The molecule has 0 spiro atoms. The zero-order valence-corrected chi connectivity index (χ0v) is 14.6. The van der Waals surface area contributed by atoms with Crippen molar-refractivity contribution in [2.45, 2.75) is 38.3 Å². The Labute approximate surface area is 151 Å². The Morgan fingerprint density at radius 2 is 1.77 bits per heavy atom. The highest BCUT2D eigenvalue weighted by molar-refractivity contribution is 6.05. The van der Waals surface area contributed by atoms with E-state index in [2.05, 4.69) is 16.0 Å². The lowest BCUT2D eigenvalue weighted by Gasteiger charge is -2.34. The molecule has 2 aliphatic rings. The van der Waals surface area contributed by atoms with E-state index < -0.39 is 0 Å². The fourth-order valence-corrected chi connectivity index (χ4v) is 3.33. The topological polar surface area (TPSA) is 108 Å². The molecule has 0 bridgehead atoms. The number of benzene rings is 1. The molecule has 8 heteroatoms. The Morgan fingerprint density at radius 1 is 1.12 bits per heavy atom. The number of rotatable bonds is 4. The standard InChI is InChI=1S/C18H22N4O4/c1-11(23)12-2-4-13(5-3-12)19-18(26)20-14-6-8-22(9-7-14)15-10-16(24)21-17(15)25/h2-5,14-15H,6-10H2,1H3,(H2,19,20,26)(H,21,24,25)/t15-/m1/s1. The normalized spacial score (nSPS) is 21.3. The van der Waals surface area contributed by atoms with Gasteiger partial charge < -0.3 is 10.6 Å². The van der Waals surface area contributed by atoms with Crippen LogP contribution in [-0.2, 0) is 9.59 Å². The highest BCUT2D eigenvalue weighted by atomic mass is 16.2. The summed E-state index contributed by atoms with van der Waals surface area (Å²) >= 11 is 0. The number of hydrogen-bond acceptors (Lipinski definition) is 5. The number of likely N-dealkylation sites (tertiary alicyclic amines) is 1. The van der Waals surface area contributed by atoms with Crippen LogP contribution in [0.15, 0.2) is 24.3 Å². The molecule has 0 radical (unpaired) electrons. The number of Topliss-reactive ketones (excluding diaryl/α,β-unsaturated/α-hetero) is 1. The van der Waals surface area contributed by atoms with Crippen molar-refractivity contribution >= 4 is 29.3 Å². The number of carbonyl (C=O) groups excluding carboxylic acids is 4. The van der Waals surface area contributed by atoms with Gasteiger partial charge in [0.15, 0.2) is 5.78 Å². The summed E-state index contributed by atoms with van der Waals surface area (Å²) < 4.78 is 0. The first kappa shape index (κ1) is 18.1. The molecule has 3 rings (SSSR count). The number of ketones is 1. The molecule has 0 aromatic heterocycles. The van der Waals surface area contributed by atoms with E-state index in [1.165, 1.54) is 6.92 Å². The number of imide groups is 1. The first-order valence-corrected chi connectivity index (χ1v) is 8.68. The van der Waals surface area contributed by atoms with Gasteiger partial charge in [-0.3, -0.25) is 24.6 Å². The molecule has 0 aliphatic carbocycles. The number of piperidine rings is 1. The summed E-state index contributed by atoms with van der Waals surface area (Å²) in [5.41, 5.74) is 1.21. The van der Waals surface area contributed by atoms with Gasteiger partial charge in [0.2, 0.25) is 11.8 Å². The van der Waals surface area contributed by atoms with Crippen LogP contribution in [0.3, 0.4) is 0 Å². The number of nitrogens with one attached hydrogen (secondary N) is 3. The molecule has 0 saturated carbocycles. The van der Waals surface area contributed by atoms with Crippen molar-refractivity contribution in [3.8, 4) is 0 Å². The lowest BCUT2D eigenvalue weighted by molar-refractivity contribution is -0.126. The summed E-state index contributed by atoms with van der Waals surface area (Å²) in [6, 6.07) is 6.06. The van der Waals surface area contributed by atoms with Gasteiger partial charge in [0, 0.05) is 30.4 Å². The molecule has 3 N–H and O–H groups in total. The van der Waals surface area contributed by atoms with Crippen molar-refractivity contribution in [1.29, 1.82) is 0 Å². The lowest BCUT2D eigenvalue weighted by Crippen LogP contribution is -2.50. The van der Waals surface area contributed by atoms with Crippen LogP contribution in [0.1, 0.15) is 36.5 Å². The number of hydrogen-bond donors (Lipinski definition) is 3. The maximum atomic E-state index is 12.1. The second-order valence-corrected chi connectivity index (χ2v) is 6.67. The Kier molecular flexibility index (Phi) is 5.32. The number of urea groups is 1. The van der Waals surface area contributed by atoms with Gasteiger partial charge >= 0.3 is 6.03 Å². The number of anilines is 1. The van der Waals surface area contributed by atoms with Crippen molar-refractivity contribution in [3.63, 3.8) is 0 Å². The third-order valence-electron chi connectivity index (χ3n) is 4.80. The van der Waals surface area contributed by atoms with Gasteiger partial charge in [-0.15, -0.1) is 0 Å². The molecule has 0 unspecified atom stereocenters. The van der Waals surface area contributed by atoms with Crippen LogP contribution < -0.4 is 16.0 Å². The lowest BCUT2D eigenvalue weighted by atomic mass is 10.0. The summed E-state index contributed by atoms with van der Waals surface area (Å²) in [5.74, 6) is -0.478. The average Bonchev–Trinajstić information content (AvgIpc) is 2.94. The van der Waals surface area contributed by atoms with Gasteiger partial charge in [-0.05, 0) is 44.0 Å². The summed E-state index contributed by atoms with van der Waals surface area (Å²) in [5, 5.41) is 8.00. The van der Waals surface area contributed by atoms with E-state index in [1.54, 1.807) is 24.3 Å². The predicted octanol–water partition coefficient (Wildman–Crippen LogP) is 0.890. The fourth-order valence-electron chi connectivity index (χ4n) is 3.33. The molecule has 1 aromatic rings. The maximum Gasteiger partial charge on any atom is 0.319 e. The van der Waals surface area contributed by atoms with Crippen molar-refractivity contribution in [1.82, 2.24) is 15.5 Å². The van der Waals surface area contributed by atoms with Gasteiger partial charge in [0.25, 0.3) is 0 Å². The molecule has 1 atom stereocenters. The van der Waals surface area contributed by atoms with E-state index >= 15 is 0 Å². The molecule has 4 amide bonds. The predicted molar refractivity (Wildman–Crippen MR) is 94.8 cm³/mol. The van der Waals surface area contributed by atoms with Gasteiger partial charge in [0.1, 0.15) is 0 Å².